The molecule has 1 N–H and O–H groups in total. The van der Waals surface area contributed by atoms with Crippen molar-refractivity contribution in [1.29, 1.82) is 0 Å². The number of nitrogens with zero attached hydrogens (tertiary/aromatic N) is 1. The summed E-state index contributed by atoms with van der Waals surface area (Å²) in [5.74, 6) is 0. The van der Waals surface area contributed by atoms with Gasteiger partial charge in [0.2, 0.25) is 10.3 Å². The van der Waals surface area contributed by atoms with Crippen molar-refractivity contribution in [2.75, 3.05) is 0 Å². The van der Waals surface area contributed by atoms with Crippen LogP contribution in [-0.2, 0) is 16.5 Å². The number of nitrogens with one attached hydrogen (secondary N) is 1. The van der Waals surface area contributed by atoms with Gasteiger partial charge in [0.15, 0.2) is 0 Å². The number of benzene rings is 1. The van der Waals surface area contributed by atoms with Gasteiger partial charge in [-0.1, -0.05) is 12.1 Å². The van der Waals surface area contributed by atoms with Crippen LogP contribution >= 0.6 is 22.7 Å². The van der Waals surface area contributed by atoms with Crippen LogP contribution in [0.25, 0.3) is 22.2 Å². The molecule has 148 valence electrons. The molecule has 0 saturated carbocycles. The molecule has 4 rings (SSSR count). The maximum atomic E-state index is 12.9. The summed E-state index contributed by atoms with van der Waals surface area (Å²) < 4.78 is 62.0. The Balaban J connectivity index is 1.81. The number of H-pyrrole nitrogens is 1. The van der Waals surface area contributed by atoms with Gasteiger partial charge in [-0.25, -0.2) is 4.98 Å². The van der Waals surface area contributed by atoms with Gasteiger partial charge >= 0.3 is 6.18 Å². The number of aromatic amines is 1. The summed E-state index contributed by atoms with van der Waals surface area (Å²) >= 11 is 2.31. The van der Waals surface area contributed by atoms with E-state index in [2.05, 4.69) is 9.97 Å². The highest BCUT2D eigenvalue weighted by Gasteiger charge is 2.30. The Hall–Kier alpha value is -2.76. The summed E-state index contributed by atoms with van der Waals surface area (Å²) in [6.07, 6.45) is -4.52. The Bertz CT molecular complexity index is 1410. The van der Waals surface area contributed by atoms with Crippen LogP contribution in [0.15, 0.2) is 52.0 Å². The number of hydrogen-bond acceptors (Lipinski definition) is 6. The monoisotopic (exact) mass is 454 g/mol. The van der Waals surface area contributed by atoms with E-state index in [0.717, 1.165) is 23.5 Å². The van der Waals surface area contributed by atoms with Gasteiger partial charge in [0.1, 0.15) is 9.87 Å². The minimum Gasteiger partial charge on any atom is -0.321 e. The van der Waals surface area contributed by atoms with Crippen molar-refractivity contribution < 1.29 is 21.6 Å². The summed E-state index contributed by atoms with van der Waals surface area (Å²) in [6, 6.07) is 7.87. The number of thiazole rings is 1. The Morgan fingerprint density at radius 3 is 2.55 bits per heavy atom. The summed E-state index contributed by atoms with van der Waals surface area (Å²) in [6.45, 7) is 0. The molecule has 29 heavy (non-hydrogen) atoms. The maximum Gasteiger partial charge on any atom is 0.416 e. The smallest absolute Gasteiger partial charge is 0.321 e. The van der Waals surface area contributed by atoms with E-state index >= 15 is 0 Å². The zero-order valence-corrected chi connectivity index (χ0v) is 16.6. The van der Waals surface area contributed by atoms with Crippen LogP contribution in [0.5, 0.6) is 0 Å². The third-order valence-corrected chi connectivity index (χ3v) is 6.81. The number of aromatic nitrogens is 2. The van der Waals surface area contributed by atoms with Crippen LogP contribution in [0.3, 0.4) is 0 Å². The molecule has 4 aromatic rings. The molecule has 0 bridgehead atoms. The molecule has 0 aliphatic rings. The van der Waals surface area contributed by atoms with Gasteiger partial charge in [0.25, 0.3) is 5.56 Å². The number of alkyl halides is 3. The predicted molar refractivity (Wildman–Crippen MR) is 107 cm³/mol. The molecule has 0 aliphatic carbocycles. The number of hydrogen-bond donors (Lipinski definition) is 1. The Morgan fingerprint density at radius 2 is 1.90 bits per heavy atom. The molecule has 3 heterocycles. The van der Waals surface area contributed by atoms with E-state index in [9.17, 15) is 26.4 Å². The second kappa shape index (κ2) is 7.25. The van der Waals surface area contributed by atoms with Crippen LogP contribution in [0, 0.1) is 0 Å². The molecule has 3 aromatic heterocycles. The molecule has 11 heteroatoms. The van der Waals surface area contributed by atoms with E-state index in [4.69, 9.17) is 0 Å². The SMILES string of the molecule is O=c1[nH]c2cc(C(F)(F)F)ccc2cc1-c1csc(C(c2cccs2)=S(=O)=O)n1. The Labute approximate surface area is 170 Å². The van der Waals surface area contributed by atoms with E-state index in [-0.39, 0.29) is 26.6 Å². The molecule has 0 unspecified atom stereocenters. The van der Waals surface area contributed by atoms with E-state index in [1.165, 1.54) is 28.8 Å². The molecule has 0 fully saturated rings. The number of thiophene rings is 1. The summed E-state index contributed by atoms with van der Waals surface area (Å²) in [7, 11) is -2.53. The first kappa shape index (κ1) is 19.6. The molecule has 1 aromatic carbocycles. The molecule has 0 saturated heterocycles. The topological polar surface area (TPSA) is 79.9 Å². The summed E-state index contributed by atoms with van der Waals surface area (Å²) in [5.41, 5.74) is -1.04. The van der Waals surface area contributed by atoms with Gasteiger partial charge in [0, 0.05) is 10.9 Å². The fourth-order valence-corrected chi connectivity index (χ4v) is 5.35. The van der Waals surface area contributed by atoms with Gasteiger partial charge in [-0.3, -0.25) is 4.79 Å². The van der Waals surface area contributed by atoms with E-state index in [1.807, 2.05) is 0 Å². The Morgan fingerprint density at radius 1 is 1.10 bits per heavy atom. The molecular formula is C18H9F3N2O3S3. The number of halogens is 3. The second-order valence-corrected chi connectivity index (χ2v) is 8.57. The fraction of sp³-hybridized carbons (Fsp3) is 0.0556. The van der Waals surface area contributed by atoms with Gasteiger partial charge < -0.3 is 4.98 Å². The lowest BCUT2D eigenvalue weighted by molar-refractivity contribution is -0.137. The number of rotatable bonds is 3. The quantitative estimate of drug-likeness (QED) is 0.372. The molecule has 0 amide bonds. The highest BCUT2D eigenvalue weighted by Crippen LogP contribution is 2.31. The molecule has 5 nitrogen and oxygen atoms in total. The molecule has 0 radical (unpaired) electrons. The zero-order chi connectivity index (χ0) is 20.8. The van der Waals surface area contributed by atoms with Gasteiger partial charge in [-0.05, 0) is 35.0 Å². The highest BCUT2D eigenvalue weighted by molar-refractivity contribution is 7.74. The average Bonchev–Trinajstić information content (AvgIpc) is 3.32. The standard InChI is InChI=1S/C18H9F3N2O3S3/c19-18(20,21)10-4-3-9-6-11(16(24)22-12(9)7-10)13-8-28-17(23-13)15(29(25)26)14-2-1-5-27-14/h1-8H,(H,22,24). The zero-order valence-electron chi connectivity index (χ0n) is 14.1. The lowest BCUT2D eigenvalue weighted by Gasteiger charge is -2.08. The van der Waals surface area contributed by atoms with Crippen LogP contribution in [0.4, 0.5) is 13.2 Å². The second-order valence-electron chi connectivity index (χ2n) is 5.89. The van der Waals surface area contributed by atoms with Crippen LogP contribution in [-0.4, -0.2) is 23.3 Å². The number of pyridine rings is 1. The molecule has 0 spiro atoms. The van der Waals surface area contributed by atoms with Crippen molar-refractivity contribution in [3.05, 3.63) is 73.0 Å². The van der Waals surface area contributed by atoms with Crippen molar-refractivity contribution in [1.82, 2.24) is 9.97 Å². The Kier molecular flexibility index (Phi) is 4.89. The highest BCUT2D eigenvalue weighted by atomic mass is 32.2. The van der Waals surface area contributed by atoms with E-state index in [1.54, 1.807) is 17.5 Å². The first-order valence-electron chi connectivity index (χ1n) is 7.94. The maximum absolute atomic E-state index is 12.9. The average molecular weight is 454 g/mol. The third-order valence-electron chi connectivity index (χ3n) is 4.06. The van der Waals surface area contributed by atoms with Crippen LogP contribution < -0.4 is 5.56 Å². The third kappa shape index (κ3) is 3.76. The van der Waals surface area contributed by atoms with E-state index < -0.39 is 27.6 Å². The molecular weight excluding hydrogens is 445 g/mol. The first-order chi connectivity index (χ1) is 13.7. The van der Waals surface area contributed by atoms with Crippen molar-refractivity contribution in [2.24, 2.45) is 0 Å². The van der Waals surface area contributed by atoms with Crippen molar-refractivity contribution in [3.8, 4) is 11.3 Å². The fourth-order valence-electron chi connectivity index (χ4n) is 2.74. The number of fused-ring (bicyclic) bond motifs is 1. The first-order valence-corrected chi connectivity index (χ1v) is 10.8. The van der Waals surface area contributed by atoms with Gasteiger partial charge in [-0.15, -0.1) is 22.7 Å². The van der Waals surface area contributed by atoms with Gasteiger partial charge in [-0.2, -0.15) is 21.6 Å². The van der Waals surface area contributed by atoms with E-state index in [0.29, 0.717) is 10.3 Å². The minimum atomic E-state index is -4.52. The van der Waals surface area contributed by atoms with Crippen LogP contribution in [0.2, 0.25) is 0 Å². The predicted octanol–water partition coefficient (Wildman–Crippen LogP) is 4.18. The normalized spacial score (nSPS) is 11.7. The molecule has 0 aliphatic heterocycles. The minimum absolute atomic E-state index is 0.0308. The van der Waals surface area contributed by atoms with Crippen molar-refractivity contribution in [2.45, 2.75) is 6.18 Å². The largest absolute Gasteiger partial charge is 0.416 e. The van der Waals surface area contributed by atoms with Crippen molar-refractivity contribution in [3.63, 3.8) is 0 Å². The summed E-state index contributed by atoms with van der Waals surface area (Å²) in [4.78, 5) is 19.7. The summed E-state index contributed by atoms with van der Waals surface area (Å²) in [5, 5.41) is 3.90. The van der Waals surface area contributed by atoms with Crippen molar-refractivity contribution >= 4 is 48.7 Å². The van der Waals surface area contributed by atoms with Crippen LogP contribution in [0.1, 0.15) is 15.4 Å². The lowest BCUT2D eigenvalue weighted by atomic mass is 10.1. The lowest BCUT2D eigenvalue weighted by Crippen LogP contribution is -2.11. The van der Waals surface area contributed by atoms with Gasteiger partial charge in [0.05, 0.1) is 21.7 Å². The molecule has 0 atom stereocenters.